The zero-order valence-corrected chi connectivity index (χ0v) is 18.1. The molecule has 0 heterocycles. The van der Waals surface area contributed by atoms with Gasteiger partial charge in [-0.2, -0.15) is 114 Å². The minimum absolute atomic E-state index is 1.30. The fraction of sp³-hybridized carbons (Fsp3) is 1.00. The van der Waals surface area contributed by atoms with Gasteiger partial charge in [-0.05, 0) is 0 Å². The lowest BCUT2D eigenvalue weighted by atomic mass is 9.97. The Balaban J connectivity index is 6.82. The van der Waals surface area contributed by atoms with Crippen LogP contribution in [-0.4, -0.2) is 71.5 Å². The van der Waals surface area contributed by atoms with E-state index in [0.717, 1.165) is 0 Å². The second-order valence-electron chi connectivity index (χ2n) is 7.07. The maximum atomic E-state index is 13.4. The van der Waals surface area contributed by atoms with Gasteiger partial charge in [0.05, 0.1) is 0 Å². The summed E-state index contributed by atoms with van der Waals surface area (Å²) in [7, 11) is -8.14. The molecule has 0 aromatic rings. The zero-order valence-electron chi connectivity index (χ0n) is 17.1. The van der Waals surface area contributed by atoms with Gasteiger partial charge in [-0.25, -0.2) is 0 Å². The summed E-state index contributed by atoms with van der Waals surface area (Å²) >= 11 is 0. The number of halogens is 26. The number of alkyl halides is 26. The molecule has 0 aliphatic carbocycles. The Morgan fingerprint density at radius 2 is 0.537 bits per heavy atom. The highest BCUT2D eigenvalue weighted by atomic mass is 31.1. The monoisotopic (exact) mass is 702 g/mol. The minimum atomic E-state index is -8.96. The third-order valence-corrected chi connectivity index (χ3v) is 5.58. The molecule has 0 aromatic carbocycles. The molecular formula is C12HF26O2P. The van der Waals surface area contributed by atoms with E-state index >= 15 is 0 Å². The largest absolute Gasteiger partial charge is 0.460 e. The topological polar surface area (TPSA) is 26.3 Å². The van der Waals surface area contributed by atoms with E-state index in [2.05, 4.69) is 0 Å². The maximum absolute atomic E-state index is 13.4. The van der Waals surface area contributed by atoms with Crippen LogP contribution in [0.2, 0.25) is 0 Å². The predicted molar refractivity (Wildman–Crippen MR) is 71.7 cm³/mol. The molecule has 41 heavy (non-hydrogen) atoms. The smallest absolute Gasteiger partial charge is 0.289 e. The van der Waals surface area contributed by atoms with Crippen molar-refractivity contribution in [3.63, 3.8) is 0 Å². The van der Waals surface area contributed by atoms with E-state index in [9.17, 15) is 119 Å². The molecule has 0 aliphatic heterocycles. The summed E-state index contributed by atoms with van der Waals surface area (Å²) in [4.78, 5) is 0. The molecule has 0 aliphatic rings. The standard InChI is InChI=1S/C12HF26O2P/c13-1(14,5(21,22)9(29,30)31)3(17,18)7(25,26)11(35,36)40-41(39)12(37,38)8(27,28)4(19,20)2(15,16)6(23,24)10(32,33)34/h41H. The van der Waals surface area contributed by atoms with Gasteiger partial charge in [0, 0.05) is 0 Å². The van der Waals surface area contributed by atoms with Gasteiger partial charge in [0.15, 0.2) is 0 Å². The molecule has 0 spiro atoms. The lowest BCUT2D eigenvalue weighted by Gasteiger charge is -2.40. The van der Waals surface area contributed by atoms with Crippen molar-refractivity contribution in [1.82, 2.24) is 0 Å². The van der Waals surface area contributed by atoms with Gasteiger partial charge in [-0.3, -0.25) is 9.09 Å². The first-order valence-electron chi connectivity index (χ1n) is 8.28. The van der Waals surface area contributed by atoms with Crippen LogP contribution in [0.1, 0.15) is 0 Å². The third-order valence-electron chi connectivity index (χ3n) is 4.32. The zero-order chi connectivity index (χ0) is 34.3. The fourth-order valence-electron chi connectivity index (χ4n) is 1.90. The van der Waals surface area contributed by atoms with Crippen molar-refractivity contribution in [3.8, 4) is 0 Å². The van der Waals surface area contributed by atoms with Crippen molar-refractivity contribution < 1.29 is 123 Å². The van der Waals surface area contributed by atoms with Crippen LogP contribution in [-0.2, 0) is 9.09 Å². The molecule has 0 saturated carbocycles. The van der Waals surface area contributed by atoms with E-state index in [1.165, 1.54) is 4.52 Å². The molecule has 248 valence electrons. The molecule has 0 N–H and O–H groups in total. The summed E-state index contributed by atoms with van der Waals surface area (Å²) in [6.45, 7) is 0. The average Bonchev–Trinajstić information content (AvgIpc) is 2.70. The third kappa shape index (κ3) is 5.14. The summed E-state index contributed by atoms with van der Waals surface area (Å²) in [5.41, 5.74) is -8.38. The van der Waals surface area contributed by atoms with E-state index in [4.69, 9.17) is 0 Å². The van der Waals surface area contributed by atoms with Gasteiger partial charge in [0.1, 0.15) is 0 Å². The van der Waals surface area contributed by atoms with Crippen molar-refractivity contribution in [3.05, 3.63) is 0 Å². The fourth-order valence-corrected chi connectivity index (χ4v) is 2.80. The second kappa shape index (κ2) is 9.69. The molecule has 0 aromatic heterocycles. The van der Waals surface area contributed by atoms with Crippen LogP contribution < -0.4 is 0 Å². The van der Waals surface area contributed by atoms with Crippen LogP contribution in [0.15, 0.2) is 0 Å². The molecule has 1 atom stereocenters. The Morgan fingerprint density at radius 3 is 0.780 bits per heavy atom. The first-order chi connectivity index (χ1) is 17.1. The van der Waals surface area contributed by atoms with Crippen LogP contribution in [0.25, 0.3) is 0 Å². The Labute approximate surface area is 204 Å². The molecule has 0 radical (unpaired) electrons. The first-order valence-corrected chi connectivity index (χ1v) is 9.59. The summed E-state index contributed by atoms with van der Waals surface area (Å²) in [5, 5.41) is 0. The Kier molecular flexibility index (Phi) is 9.30. The van der Waals surface area contributed by atoms with Crippen molar-refractivity contribution in [2.45, 2.75) is 71.5 Å². The maximum Gasteiger partial charge on any atom is 0.460 e. The molecule has 0 fully saturated rings. The predicted octanol–water partition coefficient (Wildman–Crippen LogP) is 8.87. The van der Waals surface area contributed by atoms with E-state index in [0.29, 0.717) is 0 Å². The van der Waals surface area contributed by atoms with Gasteiger partial charge in [-0.1, -0.05) is 0 Å². The van der Waals surface area contributed by atoms with Gasteiger partial charge in [0.25, 0.3) is 8.03 Å². The van der Waals surface area contributed by atoms with Gasteiger partial charge in [-0.15, -0.1) is 0 Å². The average molecular weight is 702 g/mol. The van der Waals surface area contributed by atoms with E-state index in [1.807, 2.05) is 0 Å². The van der Waals surface area contributed by atoms with Gasteiger partial charge < -0.3 is 0 Å². The SMILES string of the molecule is O=[PH](OC(F)(F)C(F)(F)C(F)(F)C(F)(F)C(F)(F)C(F)(F)F)C(F)(F)C(F)(F)C(F)(F)C(F)(F)C(F)(F)C(F)(F)F. The summed E-state index contributed by atoms with van der Waals surface area (Å²) < 4.78 is 346. The van der Waals surface area contributed by atoms with Crippen molar-refractivity contribution in [2.75, 3.05) is 0 Å². The van der Waals surface area contributed by atoms with Crippen molar-refractivity contribution in [1.29, 1.82) is 0 Å². The van der Waals surface area contributed by atoms with E-state index < -0.39 is 79.5 Å². The van der Waals surface area contributed by atoms with Crippen LogP contribution in [0.4, 0.5) is 114 Å². The van der Waals surface area contributed by atoms with Crippen LogP contribution in [0, 0.1) is 0 Å². The number of hydrogen-bond acceptors (Lipinski definition) is 2. The lowest BCUT2D eigenvalue weighted by Crippen LogP contribution is -2.70. The van der Waals surface area contributed by atoms with Crippen molar-refractivity contribution >= 4 is 8.03 Å². The van der Waals surface area contributed by atoms with Crippen LogP contribution >= 0.6 is 8.03 Å². The molecule has 29 heteroatoms. The summed E-state index contributed by atoms with van der Waals surface area (Å²) in [6, 6.07) is 0. The molecule has 1 unspecified atom stereocenters. The first kappa shape index (κ1) is 39.4. The number of rotatable bonds is 11. The molecule has 0 amide bonds. The highest BCUT2D eigenvalue weighted by Gasteiger charge is 2.94. The van der Waals surface area contributed by atoms with Gasteiger partial charge >= 0.3 is 71.5 Å². The lowest BCUT2D eigenvalue weighted by molar-refractivity contribution is -0.457. The molecule has 2 nitrogen and oxygen atoms in total. The molecule has 0 bridgehead atoms. The van der Waals surface area contributed by atoms with Crippen molar-refractivity contribution in [2.24, 2.45) is 0 Å². The highest BCUT2D eigenvalue weighted by molar-refractivity contribution is 7.40. The highest BCUT2D eigenvalue weighted by Crippen LogP contribution is 2.67. The second-order valence-corrected chi connectivity index (χ2v) is 8.48. The quantitative estimate of drug-likeness (QED) is 0.159. The van der Waals surface area contributed by atoms with Crippen LogP contribution in [0.5, 0.6) is 0 Å². The normalized spacial score (nSPS) is 17.6. The molecule has 0 saturated heterocycles. The van der Waals surface area contributed by atoms with E-state index in [1.54, 1.807) is 0 Å². The minimum Gasteiger partial charge on any atom is -0.289 e. The molecule has 0 rings (SSSR count). The van der Waals surface area contributed by atoms with Crippen LogP contribution in [0.3, 0.4) is 0 Å². The summed E-state index contributed by atoms with van der Waals surface area (Å²) in [5.74, 6) is -70.2. The number of hydrogen-bond donors (Lipinski definition) is 0. The van der Waals surface area contributed by atoms with Gasteiger partial charge in [0.2, 0.25) is 0 Å². The Morgan fingerprint density at radius 1 is 0.317 bits per heavy atom. The molecular weight excluding hydrogens is 701 g/mol. The van der Waals surface area contributed by atoms with E-state index in [-0.39, 0.29) is 0 Å². The Hall–Kier alpha value is -1.63. The summed E-state index contributed by atoms with van der Waals surface area (Å²) in [6.07, 6.45) is -24.5. The Bertz CT molecular complexity index is 985.